The standard InChI is InChI=1S/C15H12N2O4/c1-20-13-4-2-3-12(15(18)19)14(13)21-9-10-5-6-17-11(7-10)8-16/h2-7H,9H2,1H3,(H,18,19). The van der Waals surface area contributed by atoms with Crippen LogP contribution in [0.5, 0.6) is 11.5 Å². The number of nitrogens with zero attached hydrogens (tertiary/aromatic N) is 2. The average Bonchev–Trinajstić information content (AvgIpc) is 2.52. The average molecular weight is 284 g/mol. The van der Waals surface area contributed by atoms with Crippen LogP contribution in [0.1, 0.15) is 21.6 Å². The molecule has 0 aliphatic heterocycles. The van der Waals surface area contributed by atoms with Gasteiger partial charge in [0.15, 0.2) is 11.5 Å². The molecule has 21 heavy (non-hydrogen) atoms. The van der Waals surface area contributed by atoms with E-state index in [1.165, 1.54) is 19.4 Å². The van der Waals surface area contributed by atoms with Crippen molar-refractivity contribution in [3.05, 3.63) is 53.3 Å². The fourth-order valence-corrected chi connectivity index (χ4v) is 1.77. The molecule has 6 heteroatoms. The van der Waals surface area contributed by atoms with E-state index in [0.717, 1.165) is 0 Å². The predicted molar refractivity (Wildman–Crippen MR) is 73.2 cm³/mol. The molecule has 0 atom stereocenters. The number of aromatic carboxylic acids is 1. The van der Waals surface area contributed by atoms with Gasteiger partial charge in [0.05, 0.1) is 7.11 Å². The Bertz CT molecular complexity index is 707. The van der Waals surface area contributed by atoms with Gasteiger partial charge in [-0.25, -0.2) is 9.78 Å². The monoisotopic (exact) mass is 284 g/mol. The number of hydrogen-bond acceptors (Lipinski definition) is 5. The van der Waals surface area contributed by atoms with Crippen LogP contribution in [0.2, 0.25) is 0 Å². The van der Waals surface area contributed by atoms with Crippen molar-refractivity contribution in [3.8, 4) is 17.6 Å². The van der Waals surface area contributed by atoms with E-state index in [2.05, 4.69) is 4.98 Å². The lowest BCUT2D eigenvalue weighted by atomic mass is 10.2. The summed E-state index contributed by atoms with van der Waals surface area (Å²) in [4.78, 5) is 15.1. The first kappa shape index (κ1) is 14.3. The lowest BCUT2D eigenvalue weighted by Crippen LogP contribution is -2.05. The van der Waals surface area contributed by atoms with Crippen LogP contribution in [0.3, 0.4) is 0 Å². The van der Waals surface area contributed by atoms with E-state index in [4.69, 9.17) is 14.7 Å². The summed E-state index contributed by atoms with van der Waals surface area (Å²) in [5.41, 5.74) is 1.00. The Balaban J connectivity index is 2.27. The van der Waals surface area contributed by atoms with Crippen LogP contribution in [-0.2, 0) is 6.61 Å². The molecule has 2 rings (SSSR count). The summed E-state index contributed by atoms with van der Waals surface area (Å²) in [7, 11) is 1.44. The van der Waals surface area contributed by atoms with E-state index in [-0.39, 0.29) is 23.6 Å². The van der Waals surface area contributed by atoms with Crippen molar-refractivity contribution >= 4 is 5.97 Å². The fourth-order valence-electron chi connectivity index (χ4n) is 1.77. The quantitative estimate of drug-likeness (QED) is 0.905. The number of carbonyl (C=O) groups is 1. The Morgan fingerprint density at radius 2 is 2.24 bits per heavy atom. The number of hydrogen-bond donors (Lipinski definition) is 1. The number of carboxylic acid groups (broad SMARTS) is 1. The second kappa shape index (κ2) is 6.39. The van der Waals surface area contributed by atoms with E-state index >= 15 is 0 Å². The minimum absolute atomic E-state index is 0.0175. The molecule has 0 spiro atoms. The van der Waals surface area contributed by atoms with E-state index in [0.29, 0.717) is 11.3 Å². The second-order valence-electron chi connectivity index (χ2n) is 4.09. The number of rotatable bonds is 5. The molecule has 0 aliphatic carbocycles. The highest BCUT2D eigenvalue weighted by atomic mass is 16.5. The summed E-state index contributed by atoms with van der Waals surface area (Å²) < 4.78 is 10.7. The smallest absolute Gasteiger partial charge is 0.339 e. The number of pyridine rings is 1. The van der Waals surface area contributed by atoms with Gasteiger partial charge in [-0.2, -0.15) is 5.26 Å². The number of aromatic nitrogens is 1. The maximum Gasteiger partial charge on any atom is 0.339 e. The summed E-state index contributed by atoms with van der Waals surface area (Å²) in [6, 6.07) is 9.84. The predicted octanol–water partition coefficient (Wildman–Crippen LogP) is 2.24. The van der Waals surface area contributed by atoms with Crippen molar-refractivity contribution in [1.82, 2.24) is 4.98 Å². The zero-order chi connectivity index (χ0) is 15.2. The molecule has 0 saturated heterocycles. The summed E-state index contributed by atoms with van der Waals surface area (Å²) in [5, 5.41) is 18.0. The molecular formula is C15H12N2O4. The molecule has 0 aliphatic rings. The number of nitriles is 1. The fraction of sp³-hybridized carbons (Fsp3) is 0.133. The zero-order valence-electron chi connectivity index (χ0n) is 11.2. The first-order valence-electron chi connectivity index (χ1n) is 6.04. The number of ether oxygens (including phenoxy) is 2. The molecule has 1 aromatic carbocycles. The lowest BCUT2D eigenvalue weighted by molar-refractivity contribution is 0.0691. The molecule has 0 amide bonds. The van der Waals surface area contributed by atoms with Crippen LogP contribution in [0.15, 0.2) is 36.5 Å². The summed E-state index contributed by atoms with van der Waals surface area (Å²) in [6.07, 6.45) is 1.50. The molecule has 0 fully saturated rings. The highest BCUT2D eigenvalue weighted by Gasteiger charge is 2.16. The molecule has 0 bridgehead atoms. The third kappa shape index (κ3) is 3.28. The van der Waals surface area contributed by atoms with Crippen molar-refractivity contribution in [2.24, 2.45) is 0 Å². The second-order valence-corrected chi connectivity index (χ2v) is 4.09. The van der Waals surface area contributed by atoms with Gasteiger partial charge in [-0.15, -0.1) is 0 Å². The van der Waals surface area contributed by atoms with Crippen LogP contribution in [-0.4, -0.2) is 23.2 Å². The third-order valence-electron chi connectivity index (χ3n) is 2.75. The van der Waals surface area contributed by atoms with Crippen molar-refractivity contribution in [2.45, 2.75) is 6.61 Å². The summed E-state index contributed by atoms with van der Waals surface area (Å²) >= 11 is 0. The van der Waals surface area contributed by atoms with Crippen LogP contribution < -0.4 is 9.47 Å². The molecule has 0 radical (unpaired) electrons. The Morgan fingerprint density at radius 1 is 1.43 bits per heavy atom. The van der Waals surface area contributed by atoms with Crippen molar-refractivity contribution in [2.75, 3.05) is 7.11 Å². The minimum Gasteiger partial charge on any atom is -0.493 e. The maximum absolute atomic E-state index is 11.2. The normalized spacial score (nSPS) is 9.71. The topological polar surface area (TPSA) is 92.4 Å². The van der Waals surface area contributed by atoms with E-state index in [9.17, 15) is 9.90 Å². The van der Waals surface area contributed by atoms with Gasteiger partial charge in [-0.3, -0.25) is 0 Å². The van der Waals surface area contributed by atoms with Crippen molar-refractivity contribution in [3.63, 3.8) is 0 Å². The van der Waals surface area contributed by atoms with Gasteiger partial charge in [0.25, 0.3) is 0 Å². The first-order valence-corrected chi connectivity index (χ1v) is 6.04. The molecule has 0 saturated carbocycles. The van der Waals surface area contributed by atoms with Gasteiger partial charge in [0.1, 0.15) is 23.9 Å². The Morgan fingerprint density at radius 3 is 2.90 bits per heavy atom. The van der Waals surface area contributed by atoms with Crippen LogP contribution in [0.25, 0.3) is 0 Å². The van der Waals surface area contributed by atoms with Gasteiger partial charge in [0.2, 0.25) is 0 Å². The lowest BCUT2D eigenvalue weighted by Gasteiger charge is -2.13. The highest BCUT2D eigenvalue weighted by molar-refractivity contribution is 5.92. The number of benzene rings is 1. The van der Waals surface area contributed by atoms with Gasteiger partial charge < -0.3 is 14.6 Å². The Labute approximate surface area is 121 Å². The third-order valence-corrected chi connectivity index (χ3v) is 2.75. The van der Waals surface area contributed by atoms with Crippen molar-refractivity contribution < 1.29 is 19.4 Å². The van der Waals surface area contributed by atoms with Crippen molar-refractivity contribution in [1.29, 1.82) is 5.26 Å². The minimum atomic E-state index is -1.10. The van der Waals surface area contributed by atoms with E-state index in [1.807, 2.05) is 6.07 Å². The molecule has 1 heterocycles. The number of methoxy groups -OCH3 is 1. The molecule has 106 valence electrons. The number of para-hydroxylation sites is 1. The van der Waals surface area contributed by atoms with Crippen LogP contribution >= 0.6 is 0 Å². The summed E-state index contributed by atoms with van der Waals surface area (Å²) in [6.45, 7) is 0.109. The Hall–Kier alpha value is -3.07. The van der Waals surface area contributed by atoms with Gasteiger partial charge >= 0.3 is 5.97 Å². The number of carboxylic acids is 1. The van der Waals surface area contributed by atoms with Gasteiger partial charge in [-0.05, 0) is 29.8 Å². The largest absolute Gasteiger partial charge is 0.493 e. The molecule has 2 aromatic rings. The van der Waals surface area contributed by atoms with Crippen LogP contribution in [0, 0.1) is 11.3 Å². The van der Waals surface area contributed by atoms with Gasteiger partial charge in [-0.1, -0.05) is 6.07 Å². The molecule has 6 nitrogen and oxygen atoms in total. The first-order chi connectivity index (χ1) is 10.2. The molecular weight excluding hydrogens is 272 g/mol. The van der Waals surface area contributed by atoms with E-state index < -0.39 is 5.97 Å². The maximum atomic E-state index is 11.2. The molecule has 1 N–H and O–H groups in total. The van der Waals surface area contributed by atoms with E-state index in [1.54, 1.807) is 24.3 Å². The molecule has 0 unspecified atom stereocenters. The zero-order valence-corrected chi connectivity index (χ0v) is 11.2. The van der Waals surface area contributed by atoms with Gasteiger partial charge in [0, 0.05) is 6.20 Å². The summed E-state index contributed by atoms with van der Waals surface area (Å²) in [5.74, 6) is -0.608. The van der Waals surface area contributed by atoms with Crippen LogP contribution in [0.4, 0.5) is 0 Å². The Kier molecular flexibility index (Phi) is 4.36. The SMILES string of the molecule is COc1cccc(C(=O)O)c1OCc1ccnc(C#N)c1. The highest BCUT2D eigenvalue weighted by Crippen LogP contribution is 2.31. The molecule has 1 aromatic heterocycles.